The van der Waals surface area contributed by atoms with Gasteiger partial charge < -0.3 is 9.47 Å². The van der Waals surface area contributed by atoms with E-state index in [0.29, 0.717) is 29.2 Å². The van der Waals surface area contributed by atoms with E-state index in [0.717, 1.165) is 6.42 Å². The van der Waals surface area contributed by atoms with Gasteiger partial charge in [-0.05, 0) is 40.5 Å². The maximum absolute atomic E-state index is 13.4. The molecule has 0 saturated carbocycles. The number of ether oxygens (including phenoxy) is 2. The highest BCUT2D eigenvalue weighted by Crippen LogP contribution is 2.29. The summed E-state index contributed by atoms with van der Waals surface area (Å²) in [5, 5.41) is 4.43. The first-order valence-corrected chi connectivity index (χ1v) is 10.8. The Morgan fingerprint density at radius 2 is 1.86 bits per heavy atom. The van der Waals surface area contributed by atoms with Crippen molar-refractivity contribution in [1.82, 2.24) is 24.1 Å². The Labute approximate surface area is 165 Å². The Morgan fingerprint density at radius 3 is 2.46 bits per heavy atom. The van der Waals surface area contributed by atoms with Crippen LogP contribution in [-0.2, 0) is 10.0 Å². The normalized spacial score (nSPS) is 18.4. The number of rotatable bonds is 6. The summed E-state index contributed by atoms with van der Waals surface area (Å²) >= 11 is 0. The third-order valence-corrected chi connectivity index (χ3v) is 6.91. The first kappa shape index (κ1) is 20.5. The predicted octanol–water partition coefficient (Wildman–Crippen LogP) is 2.11. The van der Waals surface area contributed by atoms with Gasteiger partial charge in [0.05, 0.1) is 25.0 Å². The third-order valence-electron chi connectivity index (χ3n) is 4.79. The zero-order valence-corrected chi connectivity index (χ0v) is 17.7. The van der Waals surface area contributed by atoms with E-state index in [1.165, 1.54) is 23.8 Å². The summed E-state index contributed by atoms with van der Waals surface area (Å²) in [4.78, 5) is 8.51. The van der Waals surface area contributed by atoms with Crippen molar-refractivity contribution >= 4 is 10.0 Å². The number of methoxy groups -OCH3 is 1. The van der Waals surface area contributed by atoms with Crippen molar-refractivity contribution in [3.63, 3.8) is 0 Å². The molecule has 1 saturated heterocycles. The minimum absolute atomic E-state index is 0.0872. The molecule has 10 heteroatoms. The highest BCUT2D eigenvalue weighted by molar-refractivity contribution is 7.89. The molecule has 1 aliphatic heterocycles. The largest absolute Gasteiger partial charge is 0.477 e. The van der Waals surface area contributed by atoms with Crippen LogP contribution < -0.4 is 9.47 Å². The molecule has 0 aromatic carbocycles. The average molecular weight is 410 g/mol. The minimum atomic E-state index is -3.67. The minimum Gasteiger partial charge on any atom is -0.477 e. The summed E-state index contributed by atoms with van der Waals surface area (Å²) in [5.41, 5.74) is 1.18. The molecule has 2 aromatic heterocycles. The summed E-state index contributed by atoms with van der Waals surface area (Å²) in [6, 6.07) is 0.0872. The molecule has 0 spiro atoms. The van der Waals surface area contributed by atoms with Crippen LogP contribution in [0.15, 0.2) is 17.3 Å². The van der Waals surface area contributed by atoms with Gasteiger partial charge in [-0.2, -0.15) is 9.40 Å². The van der Waals surface area contributed by atoms with E-state index in [1.807, 2.05) is 13.8 Å². The quantitative estimate of drug-likeness (QED) is 0.720. The third kappa shape index (κ3) is 3.83. The van der Waals surface area contributed by atoms with Crippen molar-refractivity contribution in [3.05, 3.63) is 23.8 Å². The first-order valence-electron chi connectivity index (χ1n) is 9.33. The van der Waals surface area contributed by atoms with Crippen LogP contribution in [-0.4, -0.2) is 58.8 Å². The highest BCUT2D eigenvalue weighted by Gasteiger charge is 2.35. The summed E-state index contributed by atoms with van der Waals surface area (Å²) in [7, 11) is -2.18. The van der Waals surface area contributed by atoms with Gasteiger partial charge in [-0.3, -0.25) is 4.68 Å². The lowest BCUT2D eigenvalue weighted by atomic mass is 10.1. The molecule has 2 aromatic rings. The number of hydrogen-bond donors (Lipinski definition) is 0. The molecule has 3 heterocycles. The molecule has 9 nitrogen and oxygen atoms in total. The van der Waals surface area contributed by atoms with E-state index in [4.69, 9.17) is 9.47 Å². The molecule has 1 atom stereocenters. The Hall–Kier alpha value is -2.20. The van der Waals surface area contributed by atoms with Crippen LogP contribution >= 0.6 is 0 Å². The highest BCUT2D eigenvalue weighted by atomic mass is 32.2. The van der Waals surface area contributed by atoms with Crippen molar-refractivity contribution in [2.75, 3.05) is 20.2 Å². The molecule has 1 aliphatic rings. The zero-order chi connectivity index (χ0) is 20.5. The van der Waals surface area contributed by atoms with Gasteiger partial charge in [-0.15, -0.1) is 0 Å². The summed E-state index contributed by atoms with van der Waals surface area (Å²) in [6.45, 7) is 8.19. The second-order valence-corrected chi connectivity index (χ2v) is 9.03. The Morgan fingerprint density at radius 1 is 1.18 bits per heavy atom. The predicted molar refractivity (Wildman–Crippen MR) is 103 cm³/mol. The molecule has 1 fully saturated rings. The molecule has 0 N–H and O–H groups in total. The van der Waals surface area contributed by atoms with Crippen molar-refractivity contribution in [1.29, 1.82) is 0 Å². The number of sulfonamides is 1. The van der Waals surface area contributed by atoms with Crippen LogP contribution in [0.25, 0.3) is 0 Å². The molecule has 154 valence electrons. The summed E-state index contributed by atoms with van der Waals surface area (Å²) in [5.74, 6) is 0.557. The molecule has 0 aliphatic carbocycles. The van der Waals surface area contributed by atoms with Gasteiger partial charge in [-0.1, -0.05) is 0 Å². The van der Waals surface area contributed by atoms with E-state index in [2.05, 4.69) is 15.1 Å². The number of aromatic nitrogens is 4. The number of hydrogen-bond acceptors (Lipinski definition) is 7. The van der Waals surface area contributed by atoms with Crippen LogP contribution in [0.5, 0.6) is 11.8 Å². The van der Waals surface area contributed by atoms with Crippen LogP contribution in [0, 0.1) is 13.8 Å². The van der Waals surface area contributed by atoms with Gasteiger partial charge in [0.15, 0.2) is 0 Å². The van der Waals surface area contributed by atoms with Gasteiger partial charge in [0.1, 0.15) is 11.0 Å². The number of piperidine rings is 1. The molecular weight excluding hydrogens is 382 g/mol. The van der Waals surface area contributed by atoms with Gasteiger partial charge in [-0.25, -0.2) is 18.4 Å². The Bertz CT molecular complexity index is 941. The maximum Gasteiger partial charge on any atom is 0.278 e. The molecular formula is C18H27N5O4S. The van der Waals surface area contributed by atoms with Gasteiger partial charge in [0.25, 0.3) is 11.8 Å². The van der Waals surface area contributed by atoms with E-state index in [-0.39, 0.29) is 30.5 Å². The molecule has 1 unspecified atom stereocenters. The SMILES string of the molecule is COc1nccnc1OC1CCCN(S(=O)(=O)c2c(C)nn(C(C)C)c2C)C1. The average Bonchev–Trinajstić information content (AvgIpc) is 2.97. The summed E-state index contributed by atoms with van der Waals surface area (Å²) < 4.78 is 41.0. The van der Waals surface area contributed by atoms with Crippen molar-refractivity contribution in [2.45, 2.75) is 57.6 Å². The van der Waals surface area contributed by atoms with Gasteiger partial charge in [0, 0.05) is 25.0 Å². The molecule has 28 heavy (non-hydrogen) atoms. The lowest BCUT2D eigenvalue weighted by Gasteiger charge is -2.32. The smallest absolute Gasteiger partial charge is 0.278 e. The number of aryl methyl sites for hydroxylation is 1. The second kappa shape index (κ2) is 8.04. The van der Waals surface area contributed by atoms with Crippen LogP contribution in [0.4, 0.5) is 0 Å². The van der Waals surface area contributed by atoms with Crippen LogP contribution in [0.2, 0.25) is 0 Å². The summed E-state index contributed by atoms with van der Waals surface area (Å²) in [6.07, 6.45) is 4.14. The Kier molecular flexibility index (Phi) is 5.90. The van der Waals surface area contributed by atoms with Gasteiger partial charge in [0.2, 0.25) is 10.0 Å². The lowest BCUT2D eigenvalue weighted by Crippen LogP contribution is -2.44. The molecule has 0 radical (unpaired) electrons. The first-order chi connectivity index (χ1) is 13.3. The van der Waals surface area contributed by atoms with Crippen LogP contribution in [0.3, 0.4) is 0 Å². The van der Waals surface area contributed by atoms with Crippen molar-refractivity contribution in [3.8, 4) is 11.8 Å². The topological polar surface area (TPSA) is 99.4 Å². The van der Waals surface area contributed by atoms with E-state index in [1.54, 1.807) is 18.5 Å². The van der Waals surface area contributed by atoms with Gasteiger partial charge >= 0.3 is 0 Å². The fraction of sp³-hybridized carbons (Fsp3) is 0.611. The standard InChI is InChI=1S/C18H27N5O4S/c1-12(2)23-14(4)16(13(3)21-23)28(24,25)22-10-6-7-15(11-22)27-18-17(26-5)19-8-9-20-18/h8-9,12,15H,6-7,10-11H2,1-5H3. The molecule has 0 amide bonds. The van der Waals surface area contributed by atoms with E-state index in [9.17, 15) is 8.42 Å². The fourth-order valence-electron chi connectivity index (χ4n) is 3.56. The Balaban J connectivity index is 1.84. The monoisotopic (exact) mass is 409 g/mol. The molecule has 3 rings (SSSR count). The van der Waals surface area contributed by atoms with Crippen LogP contribution in [0.1, 0.15) is 44.1 Å². The molecule has 0 bridgehead atoms. The van der Waals surface area contributed by atoms with E-state index >= 15 is 0 Å². The fourth-order valence-corrected chi connectivity index (χ4v) is 5.43. The zero-order valence-electron chi connectivity index (χ0n) is 16.9. The second-order valence-electron chi connectivity index (χ2n) is 7.15. The van der Waals surface area contributed by atoms with Crippen molar-refractivity contribution < 1.29 is 17.9 Å². The maximum atomic E-state index is 13.4. The van der Waals surface area contributed by atoms with Crippen molar-refractivity contribution in [2.24, 2.45) is 0 Å². The van der Waals surface area contributed by atoms with E-state index < -0.39 is 10.0 Å². The number of nitrogens with zero attached hydrogens (tertiary/aromatic N) is 5. The lowest BCUT2D eigenvalue weighted by molar-refractivity contribution is 0.119.